The standard InChI is InChI=1S/C8H8O10/c9-4(10)1(2(5(11)12)6(13)14)3(7(15)16)8(17)18/h1-3H,(H,9,10)(H,11,12)(H,13,14)(H,15,16)(H,17,18). The molecule has 0 aliphatic heterocycles. The third-order valence-corrected chi connectivity index (χ3v) is 2.07. The highest BCUT2D eigenvalue weighted by atomic mass is 16.4. The van der Waals surface area contributed by atoms with Gasteiger partial charge in [-0.05, 0) is 0 Å². The Morgan fingerprint density at radius 2 is 0.722 bits per heavy atom. The highest BCUT2D eigenvalue weighted by Gasteiger charge is 2.50. The summed E-state index contributed by atoms with van der Waals surface area (Å²) in [7, 11) is 0. The highest BCUT2D eigenvalue weighted by Crippen LogP contribution is 2.24. The van der Waals surface area contributed by atoms with Crippen LogP contribution in [0.2, 0.25) is 0 Å². The molecule has 0 saturated heterocycles. The minimum atomic E-state index is -2.68. The largest absolute Gasteiger partial charge is 0.481 e. The van der Waals surface area contributed by atoms with E-state index >= 15 is 0 Å². The summed E-state index contributed by atoms with van der Waals surface area (Å²) in [5.74, 6) is -18.7. The van der Waals surface area contributed by atoms with Gasteiger partial charge in [0, 0.05) is 0 Å². The molecule has 0 aromatic heterocycles. The van der Waals surface area contributed by atoms with Crippen LogP contribution in [0.4, 0.5) is 0 Å². The minimum absolute atomic E-state index is 2.14. The Balaban J connectivity index is 5.73. The van der Waals surface area contributed by atoms with Crippen LogP contribution >= 0.6 is 0 Å². The van der Waals surface area contributed by atoms with Crippen LogP contribution in [0.15, 0.2) is 0 Å². The van der Waals surface area contributed by atoms with Gasteiger partial charge in [0.05, 0.1) is 0 Å². The molecule has 100 valence electrons. The maximum Gasteiger partial charge on any atom is 0.318 e. The Morgan fingerprint density at radius 1 is 0.500 bits per heavy atom. The van der Waals surface area contributed by atoms with E-state index in [0.29, 0.717) is 0 Å². The van der Waals surface area contributed by atoms with Crippen molar-refractivity contribution >= 4 is 29.8 Å². The molecule has 0 spiro atoms. The quantitative estimate of drug-likeness (QED) is 0.330. The van der Waals surface area contributed by atoms with Gasteiger partial charge in [0.1, 0.15) is 5.92 Å². The van der Waals surface area contributed by atoms with Crippen molar-refractivity contribution in [3.8, 4) is 0 Å². The number of aliphatic carboxylic acids is 5. The monoisotopic (exact) mass is 264 g/mol. The van der Waals surface area contributed by atoms with Crippen molar-refractivity contribution in [2.75, 3.05) is 0 Å². The van der Waals surface area contributed by atoms with Gasteiger partial charge in [0.2, 0.25) is 0 Å². The molecular formula is C8H8O10. The first kappa shape index (κ1) is 15.3. The average Bonchev–Trinajstić information content (AvgIpc) is 2.13. The molecule has 10 nitrogen and oxygen atoms in total. The second kappa shape index (κ2) is 5.61. The van der Waals surface area contributed by atoms with Crippen LogP contribution in [0.5, 0.6) is 0 Å². The summed E-state index contributed by atoms with van der Waals surface area (Å²) in [6.07, 6.45) is 0. The average molecular weight is 264 g/mol. The van der Waals surface area contributed by atoms with Crippen LogP contribution in [0, 0.1) is 17.8 Å². The zero-order valence-corrected chi connectivity index (χ0v) is 8.51. The van der Waals surface area contributed by atoms with Gasteiger partial charge in [-0.3, -0.25) is 24.0 Å². The molecule has 0 radical (unpaired) electrons. The minimum Gasteiger partial charge on any atom is -0.481 e. The third-order valence-electron chi connectivity index (χ3n) is 2.07. The van der Waals surface area contributed by atoms with Gasteiger partial charge >= 0.3 is 29.8 Å². The maximum atomic E-state index is 10.7. The van der Waals surface area contributed by atoms with E-state index in [1.54, 1.807) is 0 Å². The lowest BCUT2D eigenvalue weighted by Crippen LogP contribution is -2.45. The van der Waals surface area contributed by atoms with Gasteiger partial charge in [-0.15, -0.1) is 0 Å². The summed E-state index contributed by atoms with van der Waals surface area (Å²) in [5, 5.41) is 42.8. The Morgan fingerprint density at radius 3 is 0.833 bits per heavy atom. The normalized spacial score (nSPS) is 10.6. The highest BCUT2D eigenvalue weighted by molar-refractivity contribution is 6.03. The SMILES string of the molecule is O=C(O)C(C(=O)O)C(C(=O)O)C(C(=O)O)C(=O)O. The van der Waals surface area contributed by atoms with E-state index in [9.17, 15) is 24.0 Å². The first-order chi connectivity index (χ1) is 8.11. The van der Waals surface area contributed by atoms with Gasteiger partial charge in [0.25, 0.3) is 0 Å². The molecule has 0 saturated carbocycles. The molecule has 10 heteroatoms. The molecule has 0 aliphatic carbocycles. The van der Waals surface area contributed by atoms with Crippen LogP contribution in [0.25, 0.3) is 0 Å². The molecule has 0 bridgehead atoms. The lowest BCUT2D eigenvalue weighted by Gasteiger charge is -2.20. The predicted molar refractivity (Wildman–Crippen MR) is 48.6 cm³/mol. The number of carboxylic acids is 5. The zero-order chi connectivity index (χ0) is 14.6. The topological polar surface area (TPSA) is 186 Å². The van der Waals surface area contributed by atoms with Gasteiger partial charge in [-0.25, -0.2) is 0 Å². The lowest BCUT2D eigenvalue weighted by molar-refractivity contribution is -0.173. The fourth-order valence-corrected chi connectivity index (χ4v) is 1.30. The van der Waals surface area contributed by atoms with Crippen LogP contribution in [-0.4, -0.2) is 55.4 Å². The Kier molecular flexibility index (Phi) is 4.78. The van der Waals surface area contributed by atoms with Gasteiger partial charge < -0.3 is 25.5 Å². The molecule has 0 aromatic rings. The van der Waals surface area contributed by atoms with Crippen molar-refractivity contribution in [2.45, 2.75) is 0 Å². The van der Waals surface area contributed by atoms with Crippen molar-refractivity contribution < 1.29 is 49.5 Å². The van der Waals surface area contributed by atoms with E-state index in [1.807, 2.05) is 0 Å². The van der Waals surface area contributed by atoms with Crippen molar-refractivity contribution in [1.82, 2.24) is 0 Å². The van der Waals surface area contributed by atoms with Crippen LogP contribution in [-0.2, 0) is 24.0 Å². The van der Waals surface area contributed by atoms with Gasteiger partial charge in [0.15, 0.2) is 11.8 Å². The summed E-state index contributed by atoms with van der Waals surface area (Å²) in [6.45, 7) is 0. The number of carbonyl (C=O) groups is 5. The van der Waals surface area contributed by atoms with E-state index in [1.165, 1.54) is 0 Å². The Hall–Kier alpha value is -2.65. The van der Waals surface area contributed by atoms with Crippen LogP contribution < -0.4 is 0 Å². The molecule has 0 fully saturated rings. The molecule has 0 unspecified atom stereocenters. The van der Waals surface area contributed by atoms with Crippen molar-refractivity contribution in [2.24, 2.45) is 17.8 Å². The van der Waals surface area contributed by atoms with Crippen LogP contribution in [0.1, 0.15) is 0 Å². The molecule has 0 rings (SSSR count). The molecule has 0 heterocycles. The van der Waals surface area contributed by atoms with Crippen molar-refractivity contribution in [1.29, 1.82) is 0 Å². The number of carboxylic acid groups (broad SMARTS) is 5. The Labute approximate surface area is 98.1 Å². The molecule has 0 amide bonds. The summed E-state index contributed by atoms with van der Waals surface area (Å²) >= 11 is 0. The molecule has 0 atom stereocenters. The van der Waals surface area contributed by atoms with E-state index in [-0.39, 0.29) is 0 Å². The maximum absolute atomic E-state index is 10.7. The van der Waals surface area contributed by atoms with Crippen molar-refractivity contribution in [3.05, 3.63) is 0 Å². The summed E-state index contributed by atoms with van der Waals surface area (Å²) in [4.78, 5) is 53.2. The molecule has 18 heavy (non-hydrogen) atoms. The number of rotatable bonds is 7. The lowest BCUT2D eigenvalue weighted by atomic mass is 9.81. The number of hydrogen-bond donors (Lipinski definition) is 5. The molecular weight excluding hydrogens is 256 g/mol. The molecule has 0 aromatic carbocycles. The summed E-state index contributed by atoms with van der Waals surface area (Å²) < 4.78 is 0. The first-order valence-electron chi connectivity index (χ1n) is 4.25. The fourth-order valence-electron chi connectivity index (χ4n) is 1.30. The Bertz CT molecular complexity index is 350. The fraction of sp³-hybridized carbons (Fsp3) is 0.375. The van der Waals surface area contributed by atoms with E-state index < -0.39 is 47.6 Å². The number of hydrogen-bond acceptors (Lipinski definition) is 5. The zero-order valence-electron chi connectivity index (χ0n) is 8.51. The predicted octanol–water partition coefficient (Wildman–Crippen LogP) is -1.74. The second-order valence-corrected chi connectivity index (χ2v) is 3.17. The summed E-state index contributed by atoms with van der Waals surface area (Å²) in [6, 6.07) is 0. The van der Waals surface area contributed by atoms with E-state index in [4.69, 9.17) is 25.5 Å². The van der Waals surface area contributed by atoms with Crippen LogP contribution in [0.3, 0.4) is 0 Å². The second-order valence-electron chi connectivity index (χ2n) is 3.17. The smallest absolute Gasteiger partial charge is 0.318 e. The summed E-state index contributed by atoms with van der Waals surface area (Å²) in [5.41, 5.74) is 0. The van der Waals surface area contributed by atoms with Gasteiger partial charge in [-0.2, -0.15) is 0 Å². The third kappa shape index (κ3) is 3.17. The molecule has 5 N–H and O–H groups in total. The van der Waals surface area contributed by atoms with E-state index in [2.05, 4.69) is 0 Å². The molecule has 0 aliphatic rings. The van der Waals surface area contributed by atoms with E-state index in [0.717, 1.165) is 0 Å². The van der Waals surface area contributed by atoms with Gasteiger partial charge in [-0.1, -0.05) is 0 Å². The first-order valence-corrected chi connectivity index (χ1v) is 4.25. The van der Waals surface area contributed by atoms with Crippen molar-refractivity contribution in [3.63, 3.8) is 0 Å².